The second-order valence-corrected chi connectivity index (χ2v) is 8.42. The quantitative estimate of drug-likeness (QED) is 0.528. The average molecular weight is 399 g/mol. The number of nitrogens with one attached hydrogen (secondary N) is 1. The first-order chi connectivity index (χ1) is 13.1. The van der Waals surface area contributed by atoms with Crippen molar-refractivity contribution in [1.82, 2.24) is 20.1 Å². The number of rotatable bonds is 6. The number of thioether (sulfide) groups is 1. The first-order valence-corrected chi connectivity index (χ1v) is 10.5. The minimum Gasteiger partial charge on any atom is -0.338 e. The zero-order chi connectivity index (χ0) is 18.8. The van der Waals surface area contributed by atoms with Crippen molar-refractivity contribution in [2.75, 3.05) is 0 Å². The SMILES string of the molecule is Cc1sc2nc(CSCc3nc(Cc4ccccc4)no3)[nH]c(=O)c2c1C. The van der Waals surface area contributed by atoms with E-state index in [1.54, 1.807) is 23.1 Å². The van der Waals surface area contributed by atoms with Gasteiger partial charge >= 0.3 is 0 Å². The van der Waals surface area contributed by atoms with E-state index in [9.17, 15) is 4.79 Å². The molecule has 0 aliphatic heterocycles. The third-order valence-corrected chi connectivity index (χ3v) is 6.30. The maximum absolute atomic E-state index is 12.3. The molecule has 8 heteroatoms. The number of thiophene rings is 1. The van der Waals surface area contributed by atoms with Crippen molar-refractivity contribution in [1.29, 1.82) is 0 Å². The van der Waals surface area contributed by atoms with Gasteiger partial charge in [-0.1, -0.05) is 35.5 Å². The Bertz CT molecular complexity index is 1130. The fourth-order valence-electron chi connectivity index (χ4n) is 2.80. The molecule has 0 aliphatic carbocycles. The molecule has 0 aliphatic rings. The van der Waals surface area contributed by atoms with Gasteiger partial charge < -0.3 is 9.51 Å². The minimum absolute atomic E-state index is 0.0691. The fraction of sp³-hybridized carbons (Fsp3) is 0.263. The highest BCUT2D eigenvalue weighted by atomic mass is 32.2. The van der Waals surface area contributed by atoms with E-state index in [-0.39, 0.29) is 5.56 Å². The van der Waals surface area contributed by atoms with Gasteiger partial charge in [0.25, 0.3) is 5.56 Å². The van der Waals surface area contributed by atoms with Crippen LogP contribution < -0.4 is 5.56 Å². The molecule has 0 saturated carbocycles. The largest absolute Gasteiger partial charge is 0.338 e. The van der Waals surface area contributed by atoms with Crippen molar-refractivity contribution < 1.29 is 4.52 Å². The number of aryl methyl sites for hydroxylation is 2. The summed E-state index contributed by atoms with van der Waals surface area (Å²) in [6.07, 6.45) is 0.650. The molecule has 4 aromatic rings. The summed E-state index contributed by atoms with van der Waals surface area (Å²) in [5.41, 5.74) is 2.09. The van der Waals surface area contributed by atoms with Gasteiger partial charge in [0.05, 0.1) is 16.9 Å². The van der Waals surface area contributed by atoms with Crippen LogP contribution in [0, 0.1) is 13.8 Å². The van der Waals surface area contributed by atoms with Crippen LogP contribution in [0.15, 0.2) is 39.6 Å². The average Bonchev–Trinajstić information content (AvgIpc) is 3.20. The highest BCUT2D eigenvalue weighted by Gasteiger charge is 2.12. The Morgan fingerprint density at radius 2 is 1.96 bits per heavy atom. The van der Waals surface area contributed by atoms with E-state index in [1.807, 2.05) is 44.2 Å². The maximum Gasteiger partial charge on any atom is 0.259 e. The Kier molecular flexibility index (Phi) is 5.09. The van der Waals surface area contributed by atoms with E-state index in [0.717, 1.165) is 20.8 Å². The number of hydrogen-bond acceptors (Lipinski definition) is 7. The van der Waals surface area contributed by atoms with Gasteiger partial charge in [-0.2, -0.15) is 4.98 Å². The molecule has 3 aromatic heterocycles. The summed E-state index contributed by atoms with van der Waals surface area (Å²) < 4.78 is 5.32. The van der Waals surface area contributed by atoms with Crippen LogP contribution in [0.25, 0.3) is 10.2 Å². The topological polar surface area (TPSA) is 84.7 Å². The summed E-state index contributed by atoms with van der Waals surface area (Å²) in [6.45, 7) is 3.97. The number of fused-ring (bicyclic) bond motifs is 1. The van der Waals surface area contributed by atoms with E-state index in [4.69, 9.17) is 4.52 Å². The first kappa shape index (κ1) is 17.9. The predicted molar refractivity (Wildman–Crippen MR) is 108 cm³/mol. The second-order valence-electron chi connectivity index (χ2n) is 6.24. The molecule has 0 saturated heterocycles. The summed E-state index contributed by atoms with van der Waals surface area (Å²) in [7, 11) is 0. The molecule has 1 N–H and O–H groups in total. The molecule has 3 heterocycles. The van der Waals surface area contributed by atoms with Crippen molar-refractivity contribution in [3.05, 3.63) is 74.2 Å². The van der Waals surface area contributed by atoms with Gasteiger partial charge in [-0.3, -0.25) is 4.79 Å². The van der Waals surface area contributed by atoms with E-state index in [2.05, 4.69) is 20.1 Å². The van der Waals surface area contributed by atoms with Gasteiger partial charge in [-0.25, -0.2) is 4.98 Å². The molecule has 0 spiro atoms. The Balaban J connectivity index is 1.39. The Morgan fingerprint density at radius 1 is 1.15 bits per heavy atom. The number of hydrogen-bond donors (Lipinski definition) is 1. The van der Waals surface area contributed by atoms with E-state index in [0.29, 0.717) is 40.9 Å². The van der Waals surface area contributed by atoms with E-state index in [1.165, 1.54) is 0 Å². The highest BCUT2D eigenvalue weighted by molar-refractivity contribution is 7.97. The smallest absolute Gasteiger partial charge is 0.259 e. The zero-order valence-corrected chi connectivity index (χ0v) is 16.6. The Labute approximate surface area is 164 Å². The van der Waals surface area contributed by atoms with E-state index >= 15 is 0 Å². The lowest BCUT2D eigenvalue weighted by Crippen LogP contribution is -2.10. The third-order valence-electron chi connectivity index (χ3n) is 4.27. The van der Waals surface area contributed by atoms with Crippen molar-refractivity contribution in [2.45, 2.75) is 31.8 Å². The molecule has 138 valence electrons. The molecule has 6 nitrogen and oxygen atoms in total. The summed E-state index contributed by atoms with van der Waals surface area (Å²) in [5.74, 6) is 3.08. The standard InChI is InChI=1S/C19H18N4O2S2/c1-11-12(2)27-19-17(11)18(24)21-15(22-19)9-26-10-16-20-14(23-25-16)8-13-6-4-3-5-7-13/h3-7H,8-10H2,1-2H3,(H,21,22,24). The number of benzene rings is 1. The summed E-state index contributed by atoms with van der Waals surface area (Å²) in [5, 5.41) is 4.74. The summed E-state index contributed by atoms with van der Waals surface area (Å²) >= 11 is 3.14. The molecular weight excluding hydrogens is 380 g/mol. The molecule has 1 aromatic carbocycles. The summed E-state index contributed by atoms with van der Waals surface area (Å²) in [4.78, 5) is 26.1. The van der Waals surface area contributed by atoms with Crippen molar-refractivity contribution in [2.24, 2.45) is 0 Å². The monoisotopic (exact) mass is 398 g/mol. The van der Waals surface area contributed by atoms with Crippen LogP contribution in [0.5, 0.6) is 0 Å². The lowest BCUT2D eigenvalue weighted by Gasteiger charge is -2.00. The minimum atomic E-state index is -0.0691. The molecule has 0 radical (unpaired) electrons. The van der Waals surface area contributed by atoms with Gasteiger partial charge in [0.1, 0.15) is 10.7 Å². The van der Waals surface area contributed by atoms with Crippen LogP contribution in [-0.2, 0) is 17.9 Å². The Morgan fingerprint density at radius 3 is 2.78 bits per heavy atom. The number of aromatic nitrogens is 4. The van der Waals surface area contributed by atoms with Gasteiger partial charge in [-0.05, 0) is 25.0 Å². The number of nitrogens with zero attached hydrogens (tertiary/aromatic N) is 3. The van der Waals surface area contributed by atoms with Gasteiger partial charge in [0.2, 0.25) is 5.89 Å². The maximum atomic E-state index is 12.3. The van der Waals surface area contributed by atoms with Crippen LogP contribution in [0.4, 0.5) is 0 Å². The Hall–Kier alpha value is -2.45. The molecule has 0 amide bonds. The molecule has 0 fully saturated rings. The van der Waals surface area contributed by atoms with Crippen molar-refractivity contribution in [3.8, 4) is 0 Å². The molecule has 0 bridgehead atoms. The van der Waals surface area contributed by atoms with E-state index < -0.39 is 0 Å². The lowest BCUT2D eigenvalue weighted by atomic mass is 10.1. The molecule has 0 atom stereocenters. The third kappa shape index (κ3) is 3.96. The van der Waals surface area contributed by atoms with Crippen LogP contribution in [0.2, 0.25) is 0 Å². The predicted octanol–water partition coefficient (Wildman–Crippen LogP) is 4.01. The second kappa shape index (κ2) is 7.66. The van der Waals surface area contributed by atoms with Crippen molar-refractivity contribution in [3.63, 3.8) is 0 Å². The van der Waals surface area contributed by atoms with Crippen LogP contribution in [0.1, 0.15) is 33.5 Å². The molecule has 4 rings (SSSR count). The molecule has 27 heavy (non-hydrogen) atoms. The zero-order valence-electron chi connectivity index (χ0n) is 15.0. The number of H-pyrrole nitrogens is 1. The van der Waals surface area contributed by atoms with Crippen LogP contribution in [-0.4, -0.2) is 20.1 Å². The highest BCUT2D eigenvalue weighted by Crippen LogP contribution is 2.26. The van der Waals surface area contributed by atoms with Crippen LogP contribution in [0.3, 0.4) is 0 Å². The van der Waals surface area contributed by atoms with Crippen LogP contribution >= 0.6 is 23.1 Å². The summed E-state index contributed by atoms with van der Waals surface area (Å²) in [6, 6.07) is 10.0. The van der Waals surface area contributed by atoms with Crippen molar-refractivity contribution >= 4 is 33.3 Å². The number of aromatic amines is 1. The first-order valence-electron chi connectivity index (χ1n) is 8.52. The molecule has 0 unspecified atom stereocenters. The van der Waals surface area contributed by atoms with Gasteiger partial charge in [0.15, 0.2) is 5.82 Å². The molecular formula is C19H18N4O2S2. The lowest BCUT2D eigenvalue weighted by molar-refractivity contribution is 0.386. The normalized spacial score (nSPS) is 11.3. The van der Waals surface area contributed by atoms with Gasteiger partial charge in [0, 0.05) is 11.3 Å². The fourth-order valence-corrected chi connectivity index (χ4v) is 4.57. The van der Waals surface area contributed by atoms with Gasteiger partial charge in [-0.15, -0.1) is 23.1 Å².